The van der Waals surface area contributed by atoms with Crippen molar-refractivity contribution in [3.63, 3.8) is 0 Å². The molecule has 0 aliphatic heterocycles. The summed E-state index contributed by atoms with van der Waals surface area (Å²) >= 11 is 1.07. The van der Waals surface area contributed by atoms with Gasteiger partial charge in [0.2, 0.25) is 5.91 Å². The van der Waals surface area contributed by atoms with Crippen LogP contribution in [-0.2, 0) is 4.79 Å². The van der Waals surface area contributed by atoms with E-state index in [4.69, 9.17) is 0 Å². The maximum absolute atomic E-state index is 13.4. The largest absolute Gasteiger partial charge is 0.349 e. The van der Waals surface area contributed by atoms with Gasteiger partial charge < -0.3 is 10.2 Å². The number of carbonyl (C=O) groups excluding carboxylic acids is 2. The minimum Gasteiger partial charge on any atom is -0.349 e. The first-order valence-corrected chi connectivity index (χ1v) is 9.65. The molecule has 146 valence electrons. The van der Waals surface area contributed by atoms with Crippen molar-refractivity contribution in [3.8, 4) is 0 Å². The fraction of sp³-hybridized carbons (Fsp3) is 0.474. The van der Waals surface area contributed by atoms with E-state index in [0.29, 0.717) is 12.0 Å². The number of nitrogens with zero attached hydrogens (tertiary/aromatic N) is 3. The van der Waals surface area contributed by atoms with Crippen molar-refractivity contribution in [2.24, 2.45) is 0 Å². The van der Waals surface area contributed by atoms with Crippen LogP contribution in [0.15, 0.2) is 29.6 Å². The summed E-state index contributed by atoms with van der Waals surface area (Å²) in [7, 11) is 0. The van der Waals surface area contributed by atoms with E-state index in [1.54, 1.807) is 5.38 Å². The Balaban J connectivity index is 2.53. The number of aromatic nitrogens is 2. The summed E-state index contributed by atoms with van der Waals surface area (Å²) in [5.74, 6) is -1.11. The summed E-state index contributed by atoms with van der Waals surface area (Å²) < 4.78 is 17.2. The number of benzene rings is 1. The SMILES string of the molecule is CC[C@H](C)N(C(=O)c1csnn1)[C@@H](C(=O)NC(C)(C)C)c1ccc(F)cc1. The van der Waals surface area contributed by atoms with Crippen LogP contribution in [0.4, 0.5) is 4.39 Å². The van der Waals surface area contributed by atoms with E-state index in [9.17, 15) is 14.0 Å². The number of nitrogens with one attached hydrogen (secondary N) is 1. The zero-order chi connectivity index (χ0) is 20.2. The highest BCUT2D eigenvalue weighted by atomic mass is 32.1. The van der Waals surface area contributed by atoms with Gasteiger partial charge in [-0.2, -0.15) is 0 Å². The second kappa shape index (κ2) is 8.56. The van der Waals surface area contributed by atoms with Crippen LogP contribution < -0.4 is 5.32 Å². The molecule has 1 aromatic carbocycles. The molecule has 2 aromatic rings. The third kappa shape index (κ3) is 5.32. The van der Waals surface area contributed by atoms with E-state index >= 15 is 0 Å². The van der Waals surface area contributed by atoms with Gasteiger partial charge in [0.25, 0.3) is 5.91 Å². The molecule has 27 heavy (non-hydrogen) atoms. The molecule has 2 rings (SSSR count). The van der Waals surface area contributed by atoms with E-state index in [1.807, 2.05) is 34.6 Å². The number of amides is 2. The first-order chi connectivity index (χ1) is 12.6. The number of hydrogen-bond donors (Lipinski definition) is 1. The minimum atomic E-state index is -0.908. The Hall–Kier alpha value is -2.35. The zero-order valence-electron chi connectivity index (χ0n) is 16.2. The quantitative estimate of drug-likeness (QED) is 0.815. The summed E-state index contributed by atoms with van der Waals surface area (Å²) in [5.41, 5.74) is 0.243. The van der Waals surface area contributed by atoms with E-state index in [1.165, 1.54) is 29.2 Å². The molecule has 0 bridgehead atoms. The number of halogens is 1. The number of hydrogen-bond acceptors (Lipinski definition) is 5. The Morgan fingerprint density at radius 3 is 2.37 bits per heavy atom. The second-order valence-electron chi connectivity index (χ2n) is 7.45. The summed E-state index contributed by atoms with van der Waals surface area (Å²) in [6.45, 7) is 9.41. The third-order valence-corrected chi connectivity index (χ3v) is 4.59. The van der Waals surface area contributed by atoms with Gasteiger partial charge in [0, 0.05) is 17.0 Å². The maximum atomic E-state index is 13.4. The lowest BCUT2D eigenvalue weighted by Gasteiger charge is -2.36. The fourth-order valence-corrected chi connectivity index (χ4v) is 3.11. The van der Waals surface area contributed by atoms with Crippen molar-refractivity contribution in [3.05, 3.63) is 46.7 Å². The summed E-state index contributed by atoms with van der Waals surface area (Å²) in [4.78, 5) is 27.8. The van der Waals surface area contributed by atoms with Crippen LogP contribution in [0.3, 0.4) is 0 Å². The first-order valence-electron chi connectivity index (χ1n) is 8.81. The average Bonchev–Trinajstić information content (AvgIpc) is 3.12. The molecule has 6 nitrogen and oxygen atoms in total. The minimum absolute atomic E-state index is 0.191. The average molecular weight is 393 g/mol. The molecule has 0 saturated carbocycles. The lowest BCUT2D eigenvalue weighted by molar-refractivity contribution is -0.128. The Bertz CT molecular complexity index is 772. The van der Waals surface area contributed by atoms with Crippen molar-refractivity contribution < 1.29 is 14.0 Å². The van der Waals surface area contributed by atoms with Crippen LogP contribution in [0, 0.1) is 5.82 Å². The van der Waals surface area contributed by atoms with Crippen LogP contribution >= 0.6 is 11.5 Å². The highest BCUT2D eigenvalue weighted by Crippen LogP contribution is 2.27. The Morgan fingerprint density at radius 2 is 1.89 bits per heavy atom. The van der Waals surface area contributed by atoms with Gasteiger partial charge in [-0.3, -0.25) is 9.59 Å². The predicted molar refractivity (Wildman–Crippen MR) is 103 cm³/mol. The topological polar surface area (TPSA) is 75.2 Å². The fourth-order valence-electron chi connectivity index (χ4n) is 2.68. The number of rotatable bonds is 6. The number of carbonyl (C=O) groups is 2. The molecule has 0 aliphatic carbocycles. The standard InChI is InChI=1S/C19H25FN4O2S/c1-6-12(2)24(18(26)15-11-27-23-22-15)16(17(25)21-19(3,4)5)13-7-9-14(20)10-8-13/h7-12,16H,6H2,1-5H3,(H,21,25)/t12-,16+/m0/s1. The van der Waals surface area contributed by atoms with Crippen molar-refractivity contribution in [2.45, 2.75) is 58.7 Å². The normalized spacial score (nSPS) is 13.7. The van der Waals surface area contributed by atoms with Crippen LogP contribution in [0.5, 0.6) is 0 Å². The van der Waals surface area contributed by atoms with Gasteiger partial charge in [-0.15, -0.1) is 5.10 Å². The van der Waals surface area contributed by atoms with Gasteiger partial charge in [0.1, 0.15) is 11.9 Å². The van der Waals surface area contributed by atoms with Crippen LogP contribution in [0.2, 0.25) is 0 Å². The van der Waals surface area contributed by atoms with E-state index in [2.05, 4.69) is 14.9 Å². The lowest BCUT2D eigenvalue weighted by Crippen LogP contribution is -2.51. The molecule has 1 aromatic heterocycles. The Kier molecular flexibility index (Phi) is 6.64. The van der Waals surface area contributed by atoms with E-state index in [0.717, 1.165) is 11.5 Å². The molecule has 0 spiro atoms. The summed E-state index contributed by atoms with van der Waals surface area (Å²) in [5, 5.41) is 8.35. The molecule has 0 aliphatic rings. The van der Waals surface area contributed by atoms with Crippen molar-refractivity contribution in [2.75, 3.05) is 0 Å². The predicted octanol–water partition coefficient (Wildman–Crippen LogP) is 3.57. The van der Waals surface area contributed by atoms with Crippen LogP contribution in [0.25, 0.3) is 0 Å². The molecule has 1 heterocycles. The molecule has 8 heteroatoms. The molecular formula is C19H25FN4O2S. The van der Waals surface area contributed by atoms with Gasteiger partial charge in [-0.1, -0.05) is 23.5 Å². The van der Waals surface area contributed by atoms with E-state index in [-0.39, 0.29) is 23.6 Å². The molecule has 0 fully saturated rings. The third-order valence-electron chi connectivity index (χ3n) is 4.09. The van der Waals surface area contributed by atoms with Crippen molar-refractivity contribution in [1.29, 1.82) is 0 Å². The smallest absolute Gasteiger partial charge is 0.276 e. The Morgan fingerprint density at radius 1 is 1.26 bits per heavy atom. The van der Waals surface area contributed by atoms with Crippen LogP contribution in [0.1, 0.15) is 63.1 Å². The molecule has 0 saturated heterocycles. The molecule has 0 unspecified atom stereocenters. The van der Waals surface area contributed by atoms with Gasteiger partial charge in [-0.25, -0.2) is 4.39 Å². The maximum Gasteiger partial charge on any atom is 0.276 e. The lowest BCUT2D eigenvalue weighted by atomic mass is 9.99. The van der Waals surface area contributed by atoms with E-state index < -0.39 is 17.4 Å². The highest BCUT2D eigenvalue weighted by molar-refractivity contribution is 7.03. The summed E-state index contributed by atoms with van der Waals surface area (Å²) in [6.07, 6.45) is 0.643. The second-order valence-corrected chi connectivity index (χ2v) is 8.06. The van der Waals surface area contributed by atoms with Crippen molar-refractivity contribution in [1.82, 2.24) is 19.8 Å². The summed E-state index contributed by atoms with van der Waals surface area (Å²) in [6, 6.07) is 4.50. The molecule has 0 radical (unpaired) electrons. The molecule has 1 N–H and O–H groups in total. The Labute approximate surface area is 162 Å². The van der Waals surface area contributed by atoms with Crippen molar-refractivity contribution >= 4 is 23.3 Å². The van der Waals surface area contributed by atoms with Gasteiger partial charge >= 0.3 is 0 Å². The van der Waals surface area contributed by atoms with Gasteiger partial charge in [0.15, 0.2) is 5.69 Å². The zero-order valence-corrected chi connectivity index (χ0v) is 17.0. The van der Waals surface area contributed by atoms with Gasteiger partial charge in [0.05, 0.1) is 0 Å². The molecular weight excluding hydrogens is 367 g/mol. The van der Waals surface area contributed by atoms with Gasteiger partial charge in [-0.05, 0) is 63.3 Å². The molecule has 2 atom stereocenters. The monoisotopic (exact) mass is 392 g/mol. The molecule has 2 amide bonds. The highest BCUT2D eigenvalue weighted by Gasteiger charge is 2.36. The first kappa shape index (κ1) is 21.0. The van der Waals surface area contributed by atoms with Crippen LogP contribution in [-0.4, -0.2) is 37.9 Å².